The van der Waals surface area contributed by atoms with E-state index in [1.807, 2.05) is 6.07 Å². The van der Waals surface area contributed by atoms with E-state index in [2.05, 4.69) is 30.9 Å². The first-order chi connectivity index (χ1) is 9.11. The van der Waals surface area contributed by atoms with Crippen LogP contribution in [0.3, 0.4) is 0 Å². The summed E-state index contributed by atoms with van der Waals surface area (Å²) in [6.45, 7) is 6.96. The third-order valence-electron chi connectivity index (χ3n) is 3.60. The average molecular weight is 278 g/mol. The van der Waals surface area contributed by atoms with Crippen LogP contribution in [-0.2, 0) is 4.74 Å². The van der Waals surface area contributed by atoms with E-state index in [4.69, 9.17) is 22.7 Å². The fourth-order valence-corrected chi connectivity index (χ4v) is 2.78. The molecule has 2 rings (SSSR count). The largest absolute Gasteiger partial charge is 0.389 e. The molecule has 1 aromatic rings. The van der Waals surface area contributed by atoms with Gasteiger partial charge in [-0.15, -0.1) is 0 Å². The van der Waals surface area contributed by atoms with Gasteiger partial charge in [-0.3, -0.25) is 0 Å². The Kier molecular flexibility index (Phi) is 4.77. The van der Waals surface area contributed by atoms with Crippen molar-refractivity contribution in [3.05, 3.63) is 29.3 Å². The first kappa shape index (κ1) is 14.3. The van der Waals surface area contributed by atoms with E-state index in [0.717, 1.165) is 38.1 Å². The van der Waals surface area contributed by atoms with Crippen molar-refractivity contribution < 1.29 is 4.74 Å². The summed E-state index contributed by atoms with van der Waals surface area (Å²) < 4.78 is 5.69. The summed E-state index contributed by atoms with van der Waals surface area (Å²) in [7, 11) is 0. The fraction of sp³-hybridized carbons (Fsp3) is 0.533. The molecule has 3 nitrogen and oxygen atoms in total. The molecule has 0 bridgehead atoms. The molecule has 0 atom stereocenters. The number of hydrogen-bond acceptors (Lipinski definition) is 3. The Hall–Kier alpha value is -1.13. The topological polar surface area (TPSA) is 38.5 Å². The highest BCUT2D eigenvalue weighted by Crippen LogP contribution is 2.26. The summed E-state index contributed by atoms with van der Waals surface area (Å²) >= 11 is 5.15. The number of anilines is 1. The maximum absolute atomic E-state index is 5.83. The molecule has 1 aromatic carbocycles. The van der Waals surface area contributed by atoms with E-state index in [-0.39, 0.29) is 0 Å². The lowest BCUT2D eigenvalue weighted by molar-refractivity contribution is 0.0459. The molecular weight excluding hydrogens is 256 g/mol. The van der Waals surface area contributed by atoms with E-state index >= 15 is 0 Å². The molecule has 1 saturated heterocycles. The second kappa shape index (κ2) is 6.35. The van der Waals surface area contributed by atoms with Gasteiger partial charge < -0.3 is 15.4 Å². The Morgan fingerprint density at radius 3 is 2.68 bits per heavy atom. The van der Waals surface area contributed by atoms with Crippen LogP contribution < -0.4 is 10.6 Å². The van der Waals surface area contributed by atoms with Crippen LogP contribution in [0.1, 0.15) is 30.9 Å². The molecule has 19 heavy (non-hydrogen) atoms. The number of nitrogens with zero attached hydrogens (tertiary/aromatic N) is 1. The third kappa shape index (κ3) is 3.45. The Bertz CT molecular complexity index is 453. The minimum Gasteiger partial charge on any atom is -0.389 e. The van der Waals surface area contributed by atoms with Crippen molar-refractivity contribution in [3.8, 4) is 0 Å². The number of aryl methyl sites for hydroxylation is 1. The Morgan fingerprint density at radius 2 is 2.11 bits per heavy atom. The molecule has 2 N–H and O–H groups in total. The Labute approximate surface area is 120 Å². The summed E-state index contributed by atoms with van der Waals surface area (Å²) in [6.07, 6.45) is 2.54. The zero-order chi connectivity index (χ0) is 13.8. The van der Waals surface area contributed by atoms with E-state index in [9.17, 15) is 0 Å². The number of benzene rings is 1. The SMILES string of the molecule is CCOC1CCN(c2cc(C)ccc2C(N)=S)CC1. The van der Waals surface area contributed by atoms with Crippen molar-refractivity contribution in [2.24, 2.45) is 5.73 Å². The van der Waals surface area contributed by atoms with Crippen molar-refractivity contribution >= 4 is 22.9 Å². The van der Waals surface area contributed by atoms with Gasteiger partial charge in [-0.2, -0.15) is 0 Å². The van der Waals surface area contributed by atoms with Gasteiger partial charge in [-0.05, 0) is 44.4 Å². The molecule has 0 saturated carbocycles. The second-order valence-electron chi connectivity index (χ2n) is 5.03. The molecule has 1 fully saturated rings. The summed E-state index contributed by atoms with van der Waals surface area (Å²) in [5.41, 5.74) is 9.22. The lowest BCUT2D eigenvalue weighted by Gasteiger charge is -2.34. The predicted molar refractivity (Wildman–Crippen MR) is 83.9 cm³/mol. The zero-order valence-corrected chi connectivity index (χ0v) is 12.5. The van der Waals surface area contributed by atoms with Gasteiger partial charge in [0.25, 0.3) is 0 Å². The number of nitrogens with two attached hydrogens (primary N) is 1. The lowest BCUT2D eigenvalue weighted by Crippen LogP contribution is -2.38. The van der Waals surface area contributed by atoms with Gasteiger partial charge in [0.15, 0.2) is 0 Å². The molecule has 0 aromatic heterocycles. The number of rotatable bonds is 4. The van der Waals surface area contributed by atoms with Crippen LogP contribution in [-0.4, -0.2) is 30.8 Å². The molecule has 1 heterocycles. The smallest absolute Gasteiger partial charge is 0.106 e. The van der Waals surface area contributed by atoms with E-state index < -0.39 is 0 Å². The summed E-state index contributed by atoms with van der Waals surface area (Å²) in [5.74, 6) is 0. The maximum Gasteiger partial charge on any atom is 0.106 e. The number of hydrogen-bond donors (Lipinski definition) is 1. The van der Waals surface area contributed by atoms with Crippen LogP contribution in [0.5, 0.6) is 0 Å². The molecule has 0 unspecified atom stereocenters. The molecule has 4 heteroatoms. The number of thiocarbonyl (C=S) groups is 1. The summed E-state index contributed by atoms with van der Waals surface area (Å²) in [5, 5.41) is 0. The van der Waals surface area contributed by atoms with Gasteiger partial charge >= 0.3 is 0 Å². The molecule has 104 valence electrons. The van der Waals surface area contributed by atoms with Gasteiger partial charge in [0.1, 0.15) is 4.99 Å². The fourth-order valence-electron chi connectivity index (χ4n) is 2.61. The molecule has 0 radical (unpaired) electrons. The first-order valence-electron chi connectivity index (χ1n) is 6.88. The normalized spacial score (nSPS) is 16.6. The van der Waals surface area contributed by atoms with Crippen LogP contribution in [0.2, 0.25) is 0 Å². The van der Waals surface area contributed by atoms with E-state index in [1.165, 1.54) is 11.3 Å². The Morgan fingerprint density at radius 1 is 1.42 bits per heavy atom. The van der Waals surface area contributed by atoms with Crippen molar-refractivity contribution in [2.75, 3.05) is 24.6 Å². The summed E-state index contributed by atoms with van der Waals surface area (Å²) in [4.78, 5) is 2.85. The van der Waals surface area contributed by atoms with Gasteiger partial charge in [0, 0.05) is 30.9 Å². The molecule has 0 spiro atoms. The van der Waals surface area contributed by atoms with Crippen LogP contribution in [0.25, 0.3) is 0 Å². The van der Waals surface area contributed by atoms with Crippen molar-refractivity contribution in [2.45, 2.75) is 32.8 Å². The highest BCUT2D eigenvalue weighted by Gasteiger charge is 2.21. The third-order valence-corrected chi connectivity index (χ3v) is 3.82. The van der Waals surface area contributed by atoms with Gasteiger partial charge in [0.05, 0.1) is 6.10 Å². The minimum absolute atomic E-state index is 0.402. The van der Waals surface area contributed by atoms with Crippen LogP contribution in [0.4, 0.5) is 5.69 Å². The summed E-state index contributed by atoms with van der Waals surface area (Å²) in [6, 6.07) is 6.27. The second-order valence-corrected chi connectivity index (χ2v) is 5.47. The molecule has 0 amide bonds. The van der Waals surface area contributed by atoms with Gasteiger partial charge in [0.2, 0.25) is 0 Å². The first-order valence-corrected chi connectivity index (χ1v) is 7.29. The van der Waals surface area contributed by atoms with Crippen molar-refractivity contribution in [1.29, 1.82) is 0 Å². The molecular formula is C15H22N2OS. The highest BCUT2D eigenvalue weighted by atomic mass is 32.1. The predicted octanol–water partition coefficient (Wildman–Crippen LogP) is 2.63. The van der Waals surface area contributed by atoms with E-state index in [1.54, 1.807) is 0 Å². The van der Waals surface area contributed by atoms with Crippen molar-refractivity contribution in [3.63, 3.8) is 0 Å². The molecule has 1 aliphatic rings. The quantitative estimate of drug-likeness (QED) is 0.859. The number of piperidine rings is 1. The van der Waals surface area contributed by atoms with Crippen LogP contribution in [0.15, 0.2) is 18.2 Å². The minimum atomic E-state index is 0.402. The van der Waals surface area contributed by atoms with E-state index in [0.29, 0.717) is 11.1 Å². The van der Waals surface area contributed by atoms with Gasteiger partial charge in [-0.25, -0.2) is 0 Å². The van der Waals surface area contributed by atoms with Crippen LogP contribution >= 0.6 is 12.2 Å². The molecule has 0 aliphatic carbocycles. The Balaban J connectivity index is 2.14. The zero-order valence-electron chi connectivity index (χ0n) is 11.7. The standard InChI is InChI=1S/C15H22N2OS/c1-3-18-12-6-8-17(9-7-12)14-10-11(2)4-5-13(14)15(16)19/h4-5,10,12H,3,6-9H2,1-2H3,(H2,16,19). The molecule has 1 aliphatic heterocycles. The average Bonchev–Trinajstić information content (AvgIpc) is 2.39. The number of ether oxygens (including phenoxy) is 1. The van der Waals surface area contributed by atoms with Crippen LogP contribution in [0, 0.1) is 6.92 Å². The lowest BCUT2D eigenvalue weighted by atomic mass is 10.0. The maximum atomic E-state index is 5.83. The van der Waals surface area contributed by atoms with Gasteiger partial charge in [-0.1, -0.05) is 18.3 Å². The monoisotopic (exact) mass is 278 g/mol. The highest BCUT2D eigenvalue weighted by molar-refractivity contribution is 7.80. The van der Waals surface area contributed by atoms with Crippen molar-refractivity contribution in [1.82, 2.24) is 0 Å².